The van der Waals surface area contributed by atoms with E-state index in [0.29, 0.717) is 13.1 Å². The van der Waals surface area contributed by atoms with E-state index < -0.39 is 0 Å². The first-order chi connectivity index (χ1) is 15.1. The molecule has 0 amide bonds. The molecule has 1 aromatic carbocycles. The van der Waals surface area contributed by atoms with Crippen molar-refractivity contribution in [2.75, 3.05) is 19.6 Å². The van der Waals surface area contributed by atoms with Crippen LogP contribution in [0.3, 0.4) is 0 Å². The van der Waals surface area contributed by atoms with Crippen LogP contribution in [0, 0.1) is 0 Å². The molecule has 7 nitrogen and oxygen atoms in total. The molecule has 1 aliphatic rings. The maximum absolute atomic E-state index is 9.66. The molecule has 1 saturated heterocycles. The van der Waals surface area contributed by atoms with E-state index in [1.165, 1.54) is 11.1 Å². The lowest BCUT2D eigenvalue weighted by Gasteiger charge is -2.29. The van der Waals surface area contributed by atoms with Gasteiger partial charge < -0.3 is 20.3 Å². The van der Waals surface area contributed by atoms with Crippen molar-refractivity contribution in [1.82, 2.24) is 20.7 Å². The van der Waals surface area contributed by atoms with Gasteiger partial charge in [0.05, 0.1) is 18.3 Å². The van der Waals surface area contributed by atoms with Crippen LogP contribution < -0.4 is 10.6 Å². The third-order valence-electron chi connectivity index (χ3n) is 5.79. The van der Waals surface area contributed by atoms with E-state index in [9.17, 15) is 5.11 Å². The molecule has 31 heavy (non-hydrogen) atoms. The van der Waals surface area contributed by atoms with E-state index >= 15 is 0 Å². The van der Waals surface area contributed by atoms with Crippen LogP contribution in [0.1, 0.15) is 61.8 Å². The number of piperidine rings is 1. The molecule has 0 bridgehead atoms. The number of nitrogens with one attached hydrogen (secondary N) is 2. The van der Waals surface area contributed by atoms with Crippen molar-refractivity contribution in [2.24, 2.45) is 4.99 Å². The molecular weight excluding hydrogens is 390 g/mol. The van der Waals surface area contributed by atoms with Gasteiger partial charge in [-0.05, 0) is 37.3 Å². The highest BCUT2D eigenvalue weighted by Gasteiger charge is 2.17. The summed E-state index contributed by atoms with van der Waals surface area (Å²) in [5.74, 6) is 1.74. The fourth-order valence-corrected chi connectivity index (χ4v) is 3.91. The summed E-state index contributed by atoms with van der Waals surface area (Å²) in [5, 5.41) is 20.6. The van der Waals surface area contributed by atoms with Gasteiger partial charge in [-0.2, -0.15) is 0 Å². The van der Waals surface area contributed by atoms with E-state index in [-0.39, 0.29) is 6.10 Å². The lowest BCUT2D eigenvalue weighted by Crippen LogP contribution is -2.37. The molecule has 0 aliphatic carbocycles. The molecule has 0 radical (unpaired) electrons. The fraction of sp³-hybridized carbons (Fsp3) is 0.583. The van der Waals surface area contributed by atoms with Crippen LogP contribution in [0.4, 0.5) is 0 Å². The summed E-state index contributed by atoms with van der Waals surface area (Å²) in [7, 11) is 0. The molecule has 7 heteroatoms. The van der Waals surface area contributed by atoms with Crippen LogP contribution in [-0.4, -0.2) is 46.9 Å². The Labute approximate surface area is 185 Å². The van der Waals surface area contributed by atoms with Gasteiger partial charge in [0.2, 0.25) is 0 Å². The van der Waals surface area contributed by atoms with Crippen LogP contribution >= 0.6 is 0 Å². The molecule has 2 aromatic rings. The number of nitrogens with zero attached hydrogens (tertiary/aromatic N) is 3. The number of rotatable bonds is 9. The van der Waals surface area contributed by atoms with E-state index in [1.807, 2.05) is 0 Å². The number of benzene rings is 1. The Morgan fingerprint density at radius 3 is 2.45 bits per heavy atom. The minimum absolute atomic E-state index is 0.122. The van der Waals surface area contributed by atoms with Crippen molar-refractivity contribution in [1.29, 1.82) is 0 Å². The predicted octanol–water partition coefficient (Wildman–Crippen LogP) is 3.01. The second-order valence-electron chi connectivity index (χ2n) is 8.11. The van der Waals surface area contributed by atoms with Crippen molar-refractivity contribution in [3.8, 4) is 0 Å². The Morgan fingerprint density at radius 1 is 1.10 bits per heavy atom. The van der Waals surface area contributed by atoms with Gasteiger partial charge in [0, 0.05) is 44.7 Å². The standard InChI is InChI=1S/C24H37N5O2/c1-4-22-21(23(5-2)31-28-22)16-27-24(25-6-3)26-15-18-7-9-19(10-8-18)17-29-13-11-20(30)12-14-29/h7-10,20,30H,4-6,11-17H2,1-3H3,(H2,25,26,27). The highest BCUT2D eigenvalue weighted by Crippen LogP contribution is 2.16. The molecule has 1 aromatic heterocycles. The van der Waals surface area contributed by atoms with Crippen molar-refractivity contribution in [3.63, 3.8) is 0 Å². The first-order valence-corrected chi connectivity index (χ1v) is 11.6. The lowest BCUT2D eigenvalue weighted by atomic mass is 10.1. The summed E-state index contributed by atoms with van der Waals surface area (Å²) in [6.45, 7) is 11.2. The summed E-state index contributed by atoms with van der Waals surface area (Å²) in [4.78, 5) is 7.16. The first-order valence-electron chi connectivity index (χ1n) is 11.6. The highest BCUT2D eigenvalue weighted by atomic mass is 16.5. The van der Waals surface area contributed by atoms with Crippen molar-refractivity contribution in [3.05, 3.63) is 52.4 Å². The number of hydrogen-bond donors (Lipinski definition) is 3. The van der Waals surface area contributed by atoms with E-state index in [4.69, 9.17) is 9.52 Å². The van der Waals surface area contributed by atoms with Crippen molar-refractivity contribution < 1.29 is 9.63 Å². The second-order valence-corrected chi connectivity index (χ2v) is 8.11. The Morgan fingerprint density at radius 2 is 1.81 bits per heavy atom. The summed E-state index contributed by atoms with van der Waals surface area (Å²) in [5.41, 5.74) is 4.65. The maximum Gasteiger partial charge on any atom is 0.191 e. The van der Waals surface area contributed by atoms with Gasteiger partial charge in [0.15, 0.2) is 5.96 Å². The monoisotopic (exact) mass is 427 g/mol. The van der Waals surface area contributed by atoms with Crippen LogP contribution in [0.5, 0.6) is 0 Å². The maximum atomic E-state index is 9.66. The SMILES string of the molecule is CCNC(=NCc1ccc(CN2CCC(O)CC2)cc1)NCc1c(CC)noc1CC. The van der Waals surface area contributed by atoms with Crippen molar-refractivity contribution >= 4 is 5.96 Å². The number of hydrogen-bond acceptors (Lipinski definition) is 5. The second kappa shape index (κ2) is 11.9. The summed E-state index contributed by atoms with van der Waals surface area (Å²) in [6, 6.07) is 8.69. The Balaban J connectivity index is 1.55. The normalized spacial score (nSPS) is 15.9. The molecular formula is C24H37N5O2. The number of aryl methyl sites for hydroxylation is 2. The average molecular weight is 428 g/mol. The zero-order valence-corrected chi connectivity index (χ0v) is 19.2. The molecule has 1 aliphatic heterocycles. The summed E-state index contributed by atoms with van der Waals surface area (Å²) >= 11 is 0. The predicted molar refractivity (Wildman–Crippen MR) is 124 cm³/mol. The van der Waals surface area contributed by atoms with E-state index in [1.54, 1.807) is 0 Å². The minimum Gasteiger partial charge on any atom is -0.393 e. The number of aliphatic hydroxyl groups is 1. The molecule has 3 rings (SSSR count). The number of aliphatic imine (C=N–C) groups is 1. The third-order valence-corrected chi connectivity index (χ3v) is 5.79. The summed E-state index contributed by atoms with van der Waals surface area (Å²) < 4.78 is 5.46. The Hall–Kier alpha value is -2.38. The lowest BCUT2D eigenvalue weighted by molar-refractivity contribution is 0.0792. The smallest absolute Gasteiger partial charge is 0.191 e. The van der Waals surface area contributed by atoms with Crippen molar-refractivity contribution in [2.45, 2.75) is 72.2 Å². The van der Waals surface area contributed by atoms with Crippen LogP contribution in [0.2, 0.25) is 0 Å². The molecule has 0 atom stereocenters. The van der Waals surface area contributed by atoms with E-state index in [2.05, 4.69) is 65.7 Å². The molecule has 0 saturated carbocycles. The van der Waals surface area contributed by atoms with Crippen LogP contribution in [0.25, 0.3) is 0 Å². The van der Waals surface area contributed by atoms with E-state index in [0.717, 1.165) is 74.8 Å². The van der Waals surface area contributed by atoms with Gasteiger partial charge in [0.25, 0.3) is 0 Å². The zero-order valence-electron chi connectivity index (χ0n) is 19.2. The molecule has 1 fully saturated rings. The quantitative estimate of drug-likeness (QED) is 0.421. The van der Waals surface area contributed by atoms with Crippen LogP contribution in [-0.2, 0) is 32.5 Å². The molecule has 2 heterocycles. The van der Waals surface area contributed by atoms with Gasteiger partial charge in [-0.15, -0.1) is 0 Å². The average Bonchev–Trinajstić information content (AvgIpc) is 3.20. The largest absolute Gasteiger partial charge is 0.393 e. The van der Waals surface area contributed by atoms with Gasteiger partial charge in [-0.1, -0.05) is 43.3 Å². The number of guanidine groups is 1. The fourth-order valence-electron chi connectivity index (χ4n) is 3.91. The molecule has 0 unspecified atom stereocenters. The van der Waals surface area contributed by atoms with Gasteiger partial charge >= 0.3 is 0 Å². The number of aromatic nitrogens is 1. The number of likely N-dealkylation sites (tertiary alicyclic amines) is 1. The Bertz CT molecular complexity index is 801. The highest BCUT2D eigenvalue weighted by molar-refractivity contribution is 5.79. The van der Waals surface area contributed by atoms with Gasteiger partial charge in [-0.3, -0.25) is 4.90 Å². The number of aliphatic hydroxyl groups excluding tert-OH is 1. The summed E-state index contributed by atoms with van der Waals surface area (Å²) in [6.07, 6.45) is 3.33. The van der Waals surface area contributed by atoms with Gasteiger partial charge in [-0.25, -0.2) is 4.99 Å². The molecule has 170 valence electrons. The Kier molecular flexibility index (Phi) is 8.91. The van der Waals surface area contributed by atoms with Gasteiger partial charge in [0.1, 0.15) is 5.76 Å². The van der Waals surface area contributed by atoms with Crippen LogP contribution in [0.15, 0.2) is 33.8 Å². The molecule has 0 spiro atoms. The molecule has 3 N–H and O–H groups in total. The minimum atomic E-state index is -0.122. The third kappa shape index (κ3) is 6.80. The first kappa shape index (κ1) is 23.3. The topological polar surface area (TPSA) is 85.9 Å². The zero-order chi connectivity index (χ0) is 22.1.